The highest BCUT2D eigenvalue weighted by Crippen LogP contribution is 2.35. The van der Waals surface area contributed by atoms with Crippen LogP contribution in [-0.4, -0.2) is 22.3 Å². The lowest BCUT2D eigenvalue weighted by atomic mass is 9.94. The third kappa shape index (κ3) is 4.22. The van der Waals surface area contributed by atoms with Gasteiger partial charge in [-0.2, -0.15) is 0 Å². The smallest absolute Gasteiger partial charge is 0.335 e. The summed E-state index contributed by atoms with van der Waals surface area (Å²) in [5.41, 5.74) is 1.66. The maximum Gasteiger partial charge on any atom is 0.335 e. The minimum Gasteiger partial charge on any atom is -0.478 e. The predicted octanol–water partition coefficient (Wildman–Crippen LogP) is 5.32. The van der Waals surface area contributed by atoms with Crippen LogP contribution in [0, 0.1) is 0 Å². The van der Waals surface area contributed by atoms with Crippen molar-refractivity contribution < 1.29 is 14.7 Å². The number of hydrogen-bond acceptors (Lipinski definition) is 4. The van der Waals surface area contributed by atoms with E-state index in [2.05, 4.69) is 10.1 Å². The second-order valence-corrected chi connectivity index (χ2v) is 6.65. The lowest BCUT2D eigenvalue weighted by Gasteiger charge is -2.15. The molecule has 0 aliphatic carbocycles. The van der Waals surface area contributed by atoms with Crippen LogP contribution in [0.15, 0.2) is 58.5 Å². The van der Waals surface area contributed by atoms with Crippen LogP contribution < -0.4 is 5.56 Å². The molecule has 148 valence electrons. The van der Waals surface area contributed by atoms with Gasteiger partial charge in [0.05, 0.1) is 11.1 Å². The van der Waals surface area contributed by atoms with Gasteiger partial charge in [-0.05, 0) is 55.3 Å². The number of fused-ring (bicyclic) bond motifs is 1. The van der Waals surface area contributed by atoms with E-state index in [4.69, 9.17) is 16.4 Å². The Labute approximate surface area is 172 Å². The lowest BCUT2D eigenvalue weighted by Crippen LogP contribution is -2.15. The topological polar surface area (TPSA) is 91.8 Å². The Hall–Kier alpha value is -3.38. The Morgan fingerprint density at radius 2 is 2.07 bits per heavy atom. The molecule has 1 aromatic heterocycles. The largest absolute Gasteiger partial charge is 0.478 e. The summed E-state index contributed by atoms with van der Waals surface area (Å²) in [6.45, 7) is 3.61. The number of allylic oxidation sites excluding steroid dienone is 1. The van der Waals surface area contributed by atoms with Gasteiger partial charge >= 0.3 is 5.97 Å². The summed E-state index contributed by atoms with van der Waals surface area (Å²) in [5, 5.41) is 14.4. The highest BCUT2D eigenvalue weighted by molar-refractivity contribution is 6.31. The van der Waals surface area contributed by atoms with Gasteiger partial charge in [0.2, 0.25) is 0 Å². The Bertz CT molecular complexity index is 1200. The van der Waals surface area contributed by atoms with Gasteiger partial charge in [-0.15, -0.1) is 0 Å². The molecule has 0 amide bonds. The molecule has 0 fully saturated rings. The average molecular weight is 411 g/mol. The molecule has 2 aromatic carbocycles. The first kappa shape index (κ1) is 20.4. The number of nitrogens with one attached hydrogen (secondary N) is 1. The van der Waals surface area contributed by atoms with Crippen LogP contribution in [-0.2, 0) is 4.84 Å². The molecule has 0 aliphatic heterocycles. The van der Waals surface area contributed by atoms with E-state index >= 15 is 0 Å². The predicted molar refractivity (Wildman–Crippen MR) is 115 cm³/mol. The maximum atomic E-state index is 13.0. The molecule has 3 aromatic rings. The van der Waals surface area contributed by atoms with Crippen molar-refractivity contribution in [1.82, 2.24) is 4.98 Å². The Balaban J connectivity index is 2.45. The van der Waals surface area contributed by atoms with Gasteiger partial charge in [0.1, 0.15) is 0 Å². The Morgan fingerprint density at radius 1 is 1.28 bits per heavy atom. The zero-order chi connectivity index (χ0) is 21.0. The molecule has 0 saturated heterocycles. The number of H-pyrrole nitrogens is 1. The molecule has 0 spiro atoms. The van der Waals surface area contributed by atoms with E-state index in [1.54, 1.807) is 43.3 Å². The average Bonchev–Trinajstić information content (AvgIpc) is 2.71. The summed E-state index contributed by atoms with van der Waals surface area (Å²) in [6.07, 6.45) is 3.83. The van der Waals surface area contributed by atoms with Crippen molar-refractivity contribution >= 4 is 40.4 Å². The normalized spacial score (nSPS) is 11.9. The van der Waals surface area contributed by atoms with E-state index in [0.717, 1.165) is 0 Å². The SMILES string of the molecule is C/C=N/O/C(=C\CC)c1c(-c2cccc(C(=O)O)c2)c2cc(Cl)ccc2[nH]c1=O. The summed E-state index contributed by atoms with van der Waals surface area (Å²) in [4.78, 5) is 32.8. The van der Waals surface area contributed by atoms with Gasteiger partial charge in [0.15, 0.2) is 5.76 Å². The van der Waals surface area contributed by atoms with E-state index in [9.17, 15) is 14.7 Å². The molecule has 1 heterocycles. The number of nitrogens with zero attached hydrogens (tertiary/aromatic N) is 1. The fraction of sp³-hybridized carbons (Fsp3) is 0.136. The van der Waals surface area contributed by atoms with Crippen molar-refractivity contribution in [2.24, 2.45) is 5.16 Å². The molecule has 2 N–H and O–H groups in total. The Morgan fingerprint density at radius 3 is 2.76 bits per heavy atom. The summed E-state index contributed by atoms with van der Waals surface area (Å²) in [6, 6.07) is 11.5. The Kier molecular flexibility index (Phi) is 6.14. The summed E-state index contributed by atoms with van der Waals surface area (Å²) < 4.78 is 0. The molecule has 29 heavy (non-hydrogen) atoms. The first-order valence-electron chi connectivity index (χ1n) is 9.01. The van der Waals surface area contributed by atoms with Gasteiger partial charge in [0.25, 0.3) is 5.56 Å². The molecule has 0 aliphatic rings. The number of carboxylic acid groups (broad SMARTS) is 1. The number of oxime groups is 1. The van der Waals surface area contributed by atoms with Gasteiger partial charge in [-0.1, -0.05) is 35.8 Å². The molecule has 0 bridgehead atoms. The number of carboxylic acids is 1. The van der Waals surface area contributed by atoms with Gasteiger partial charge < -0.3 is 14.9 Å². The van der Waals surface area contributed by atoms with Crippen LogP contribution in [0.3, 0.4) is 0 Å². The quantitative estimate of drug-likeness (QED) is 0.327. The molecular formula is C22H19ClN2O4. The molecule has 0 saturated carbocycles. The summed E-state index contributed by atoms with van der Waals surface area (Å²) >= 11 is 6.22. The van der Waals surface area contributed by atoms with Crippen molar-refractivity contribution in [3.05, 3.63) is 75.0 Å². The third-order valence-corrected chi connectivity index (χ3v) is 4.50. The van der Waals surface area contributed by atoms with Crippen molar-refractivity contribution in [2.75, 3.05) is 0 Å². The zero-order valence-corrected chi connectivity index (χ0v) is 16.7. The highest BCUT2D eigenvalue weighted by Gasteiger charge is 2.20. The summed E-state index contributed by atoms with van der Waals surface area (Å²) in [7, 11) is 0. The van der Waals surface area contributed by atoms with Crippen molar-refractivity contribution in [1.29, 1.82) is 0 Å². The second kappa shape index (κ2) is 8.75. The van der Waals surface area contributed by atoms with Gasteiger partial charge in [-0.25, -0.2) is 4.79 Å². The first-order valence-corrected chi connectivity index (χ1v) is 9.38. The number of hydrogen-bond donors (Lipinski definition) is 2. The molecular weight excluding hydrogens is 392 g/mol. The number of aromatic nitrogens is 1. The number of aromatic carboxylic acids is 1. The minimum atomic E-state index is -1.06. The van der Waals surface area contributed by atoms with Crippen molar-refractivity contribution in [3.8, 4) is 11.1 Å². The van der Waals surface area contributed by atoms with Crippen LogP contribution in [0.25, 0.3) is 27.8 Å². The fourth-order valence-electron chi connectivity index (χ4n) is 3.09. The second-order valence-electron chi connectivity index (χ2n) is 6.21. The number of rotatable bonds is 6. The number of halogens is 1. The van der Waals surface area contributed by atoms with Gasteiger partial charge in [0, 0.05) is 27.7 Å². The standard InChI is InChI=1S/C22H19ClN2O4/c1-3-6-18(29-24-4-2)20-19(13-7-5-8-14(11-13)22(27)28)16-12-15(23)9-10-17(16)25-21(20)26/h4-12H,3H2,1-2H3,(H,25,26)(H,27,28)/b18-6-,24-4+. The third-order valence-electron chi connectivity index (χ3n) is 4.27. The van der Waals surface area contributed by atoms with Crippen LogP contribution in [0.2, 0.25) is 5.02 Å². The molecule has 0 radical (unpaired) electrons. The minimum absolute atomic E-state index is 0.109. The van der Waals surface area contributed by atoms with E-state index in [0.29, 0.717) is 33.5 Å². The molecule has 3 rings (SSSR count). The van der Waals surface area contributed by atoms with Crippen LogP contribution >= 0.6 is 11.6 Å². The molecule has 7 heteroatoms. The van der Waals surface area contributed by atoms with Crippen LogP contribution in [0.5, 0.6) is 0 Å². The van der Waals surface area contributed by atoms with E-state index in [1.807, 2.05) is 6.92 Å². The number of aromatic amines is 1. The van der Waals surface area contributed by atoms with Crippen molar-refractivity contribution in [2.45, 2.75) is 20.3 Å². The molecule has 0 unspecified atom stereocenters. The summed E-state index contributed by atoms with van der Waals surface area (Å²) in [5.74, 6) is -0.777. The maximum absolute atomic E-state index is 13.0. The van der Waals surface area contributed by atoms with E-state index < -0.39 is 5.97 Å². The lowest BCUT2D eigenvalue weighted by molar-refractivity contribution is 0.0697. The number of benzene rings is 2. The monoisotopic (exact) mass is 410 g/mol. The first-order chi connectivity index (χ1) is 14.0. The zero-order valence-electron chi connectivity index (χ0n) is 15.9. The van der Waals surface area contributed by atoms with Crippen molar-refractivity contribution in [3.63, 3.8) is 0 Å². The van der Waals surface area contributed by atoms with Crippen LogP contribution in [0.4, 0.5) is 0 Å². The van der Waals surface area contributed by atoms with Gasteiger partial charge in [-0.3, -0.25) is 4.79 Å². The van der Waals surface area contributed by atoms with E-state index in [1.165, 1.54) is 18.3 Å². The fourth-order valence-corrected chi connectivity index (χ4v) is 3.26. The molecule has 0 atom stereocenters. The highest BCUT2D eigenvalue weighted by atomic mass is 35.5. The number of pyridine rings is 1. The molecule has 6 nitrogen and oxygen atoms in total. The van der Waals surface area contributed by atoms with Crippen LogP contribution in [0.1, 0.15) is 36.2 Å². The van der Waals surface area contributed by atoms with E-state index in [-0.39, 0.29) is 22.4 Å². The number of carbonyl (C=O) groups is 1.